The number of halogens is 5. The Hall–Kier alpha value is -6.55. The summed E-state index contributed by atoms with van der Waals surface area (Å²) in [6.45, 7) is 24.8. The predicted molar refractivity (Wildman–Crippen MR) is 379 cm³/mol. The van der Waals surface area contributed by atoms with Crippen LogP contribution in [0.5, 0.6) is 17.2 Å². The number of benzene rings is 1. The molecule has 0 unspecified atom stereocenters. The molecule has 15 rings (SSSR count). The number of thiazole rings is 1. The molecule has 8 aliphatic heterocycles. The number of carbonyl (C=O) groups excluding carboxylic acids is 4. The van der Waals surface area contributed by atoms with Gasteiger partial charge in [0.25, 0.3) is 0 Å². The Bertz CT molecular complexity index is 3920. The fourth-order valence-electron chi connectivity index (χ4n) is 12.7. The van der Waals surface area contributed by atoms with E-state index in [2.05, 4.69) is 116 Å². The van der Waals surface area contributed by atoms with Crippen molar-refractivity contribution in [3.8, 4) is 17.2 Å². The molecule has 6 atom stereocenters. The molecule has 1 aromatic carbocycles. The molecule has 516 valence electrons. The number of amides is 4. The number of likely N-dealkylation sites (tertiary alicyclic amines) is 2. The largest absolute Gasteiger partial charge is 0.487 e. The van der Waals surface area contributed by atoms with Gasteiger partial charge in [-0.3, -0.25) is 53.9 Å². The first-order valence-electron chi connectivity index (χ1n) is 31.7. The van der Waals surface area contributed by atoms with E-state index in [0.717, 1.165) is 138 Å². The van der Waals surface area contributed by atoms with Gasteiger partial charge in [0.15, 0.2) is 0 Å². The number of ether oxygens (including phenoxy) is 3. The van der Waals surface area contributed by atoms with Crippen LogP contribution < -0.4 is 24.8 Å². The van der Waals surface area contributed by atoms with Crippen LogP contribution in [0.1, 0.15) is 142 Å². The third-order valence-electron chi connectivity index (χ3n) is 18.1. The molecule has 96 heavy (non-hydrogen) atoms. The molecule has 0 saturated carbocycles. The Morgan fingerprint density at radius 3 is 1.46 bits per heavy atom. The monoisotopic (exact) mass is 1500 g/mol. The van der Waals surface area contributed by atoms with Crippen molar-refractivity contribution in [2.24, 2.45) is 0 Å². The quantitative estimate of drug-likeness (QED) is 0.145. The number of aromatic nitrogens is 6. The lowest BCUT2D eigenvalue weighted by Crippen LogP contribution is -2.28. The molecule has 7 aromatic rings. The highest BCUT2D eigenvalue weighted by Gasteiger charge is 2.34. The first-order chi connectivity index (χ1) is 44.5. The lowest BCUT2D eigenvalue weighted by Gasteiger charge is -2.21. The van der Waals surface area contributed by atoms with Gasteiger partial charge in [-0.1, -0.05) is 7.43 Å². The van der Waals surface area contributed by atoms with Gasteiger partial charge in [-0.2, -0.15) is 0 Å². The number of hydrogen-bond donors (Lipinski definition) is 2. The average Bonchev–Trinajstić information content (AvgIpc) is 1.72. The number of pyridine rings is 5. The summed E-state index contributed by atoms with van der Waals surface area (Å²) in [5, 5.41) is 7.55. The Morgan fingerprint density at radius 1 is 0.562 bits per heavy atom. The number of aryl methyl sites for hydroxylation is 1. The maximum atomic E-state index is 14.7. The van der Waals surface area contributed by atoms with Crippen LogP contribution in [0.25, 0.3) is 10.2 Å². The maximum absolute atomic E-state index is 14.7. The topological polar surface area (TPSA) is 217 Å². The molecule has 3 saturated heterocycles. The zero-order valence-corrected chi connectivity index (χ0v) is 60.6. The Kier molecular flexibility index (Phi) is 26.1. The fourth-order valence-corrected chi connectivity index (χ4v) is 14.3. The number of fused-ring (bicyclic) bond motifs is 6. The molecule has 14 heterocycles. The second-order valence-electron chi connectivity index (χ2n) is 25.4. The molecule has 0 radical (unpaired) electrons. The van der Waals surface area contributed by atoms with E-state index in [1.807, 2.05) is 43.5 Å². The van der Waals surface area contributed by atoms with Gasteiger partial charge in [0.05, 0.1) is 88.5 Å². The lowest BCUT2D eigenvalue weighted by molar-refractivity contribution is -0.130. The second kappa shape index (κ2) is 33.3. The van der Waals surface area contributed by atoms with Gasteiger partial charge < -0.3 is 44.4 Å². The molecule has 4 amide bonds. The van der Waals surface area contributed by atoms with E-state index in [4.69, 9.17) is 14.2 Å². The van der Waals surface area contributed by atoms with Crippen LogP contribution in [-0.2, 0) is 91.2 Å². The molecular formula is C69H87Br2Cl2FN14O7S. The van der Waals surface area contributed by atoms with Gasteiger partial charge in [0.1, 0.15) is 41.4 Å². The van der Waals surface area contributed by atoms with Crippen molar-refractivity contribution in [1.82, 2.24) is 69.9 Å². The maximum Gasteiger partial charge on any atom is 0.220 e. The summed E-state index contributed by atoms with van der Waals surface area (Å²) in [5.41, 5.74) is 12.4. The normalized spacial score (nSPS) is 20.8. The number of carbonyl (C=O) groups is 4. The molecule has 0 bridgehead atoms. The third-order valence-corrected chi connectivity index (χ3v) is 19.9. The zero-order chi connectivity index (χ0) is 65.8. The van der Waals surface area contributed by atoms with Crippen molar-refractivity contribution in [2.75, 3.05) is 26.7 Å². The van der Waals surface area contributed by atoms with Crippen LogP contribution in [0.15, 0.2) is 82.4 Å². The molecule has 8 aliphatic rings. The first kappa shape index (κ1) is 75.2. The highest BCUT2D eigenvalue weighted by molar-refractivity contribution is 9.10. The first-order valence-corrected chi connectivity index (χ1v) is 34.1. The van der Waals surface area contributed by atoms with E-state index < -0.39 is 0 Å². The average molecular weight is 1510 g/mol. The Morgan fingerprint density at radius 2 is 1.00 bits per heavy atom. The van der Waals surface area contributed by atoms with E-state index in [1.54, 1.807) is 78.1 Å². The fraction of sp³-hybridized carbons (Fsp3) is 0.478. The van der Waals surface area contributed by atoms with E-state index in [9.17, 15) is 23.6 Å². The summed E-state index contributed by atoms with van der Waals surface area (Å²) in [6, 6.07) is 15.0. The standard InChI is InChI=1S/C23H25FN4O2S.C15H21N3O2.C14H19N3O2.C9H9BrN2O.C7H7BrN2.CH4.2ClH/c1-13-4-19(30-18-5-17-10-28(15(3)29)12-22(17)25-8-18)11-27(13)9-16-6-21-23(7-20(16)24)31-14(2)26-21;1-10-4-14(8-17(10)3)20-13-5-12-7-18(11(2)19)9-15(12)16-6-13;1-9-3-12(5-15-9)19-13-4-11-7-17(10(2)18)8-14(11)16-6-13;1-6(13)12-4-7-2-8(10)3-11-9(7)5-12;8-6-1-5-2-9-4-7(5)10-3-6;;;/h5-8,13,19H,4,9-12H2,1-3H3;5-6,10,14H,4,7-9H2,1-3H3;4,6,9,12,15H,3,5,7-8H2,1-2H3;2-3H,4-5H2,1H3;1,3,9H,2,4H2;1H4;2*1H/t13-,19+;10-,14+;9-,12+;;;;;/m000...../s1. The van der Waals surface area contributed by atoms with Crippen molar-refractivity contribution >= 4 is 102 Å². The number of nitrogens with one attached hydrogen (secondary N) is 2. The highest BCUT2D eigenvalue weighted by Crippen LogP contribution is 2.33. The molecule has 21 nitrogen and oxygen atoms in total. The molecule has 2 N–H and O–H groups in total. The van der Waals surface area contributed by atoms with E-state index in [-0.39, 0.29) is 86.0 Å². The summed E-state index contributed by atoms with van der Waals surface area (Å²) in [7, 11) is 2.12. The summed E-state index contributed by atoms with van der Waals surface area (Å²) in [4.78, 5) is 83.6. The van der Waals surface area contributed by atoms with Crippen molar-refractivity contribution in [3.63, 3.8) is 0 Å². The van der Waals surface area contributed by atoms with E-state index >= 15 is 0 Å². The van der Waals surface area contributed by atoms with Crippen molar-refractivity contribution in [2.45, 2.75) is 191 Å². The zero-order valence-electron chi connectivity index (χ0n) is 55.0. The molecular weight excluding hydrogens is 1420 g/mol. The molecule has 0 spiro atoms. The number of rotatable bonds is 8. The summed E-state index contributed by atoms with van der Waals surface area (Å²) in [5.74, 6) is 2.53. The SMILES string of the molecule is Brc1cnc2c(c1)CNC2.C.CC(=O)N1Cc2cc(Br)cnc2C1.CC(=O)N1Cc2cc(O[C@@H]3C[C@H](C)N(C)C3)cnc2C1.CC(=O)N1Cc2cc(O[C@@H]3C[C@H](C)N(Cc4cc5nc(C)sc5cc4F)C3)cnc2C1.CC(=O)N1Cc2cc(O[C@H]3CN[C@@H](C)C3)cnc2C1.Cl.Cl. The van der Waals surface area contributed by atoms with Crippen LogP contribution in [0.2, 0.25) is 0 Å². The molecule has 3 fully saturated rings. The molecule has 0 aliphatic carbocycles. The van der Waals surface area contributed by atoms with Crippen LogP contribution in [-0.4, -0.2) is 146 Å². The Balaban J connectivity index is 0.000000160. The molecule has 6 aromatic heterocycles. The lowest BCUT2D eigenvalue weighted by atomic mass is 10.1. The molecule has 27 heteroatoms. The van der Waals surface area contributed by atoms with Gasteiger partial charge in [0.2, 0.25) is 23.6 Å². The second-order valence-corrected chi connectivity index (χ2v) is 28.5. The van der Waals surface area contributed by atoms with Gasteiger partial charge >= 0.3 is 0 Å². The van der Waals surface area contributed by atoms with Crippen LogP contribution >= 0.6 is 68.0 Å². The number of nitrogens with zero attached hydrogens (tertiary/aromatic N) is 12. The minimum absolute atomic E-state index is 0. The smallest absolute Gasteiger partial charge is 0.220 e. The van der Waals surface area contributed by atoms with Crippen molar-refractivity contribution < 1.29 is 37.8 Å². The Labute approximate surface area is 595 Å². The number of likely N-dealkylation sites (N-methyl/N-ethyl adjacent to an activating group) is 1. The predicted octanol–water partition coefficient (Wildman–Crippen LogP) is 11.2. The summed E-state index contributed by atoms with van der Waals surface area (Å²) >= 11 is 8.25. The van der Waals surface area contributed by atoms with Crippen molar-refractivity contribution in [1.29, 1.82) is 0 Å². The van der Waals surface area contributed by atoms with Crippen LogP contribution in [0, 0.1) is 12.7 Å². The van der Waals surface area contributed by atoms with Gasteiger partial charge in [-0.25, -0.2) is 9.37 Å². The summed E-state index contributed by atoms with van der Waals surface area (Å²) in [6.07, 6.45) is 12.3. The minimum Gasteiger partial charge on any atom is -0.487 e. The van der Waals surface area contributed by atoms with Crippen molar-refractivity contribution in [3.05, 3.63) is 155 Å². The summed E-state index contributed by atoms with van der Waals surface area (Å²) < 4.78 is 35.8. The van der Waals surface area contributed by atoms with E-state index in [1.165, 1.54) is 22.6 Å². The van der Waals surface area contributed by atoms with Crippen LogP contribution in [0.4, 0.5) is 4.39 Å². The van der Waals surface area contributed by atoms with E-state index in [0.29, 0.717) is 76.5 Å². The number of hydrogen-bond acceptors (Lipinski definition) is 18. The highest BCUT2D eigenvalue weighted by atomic mass is 79.9. The third kappa shape index (κ3) is 19.0. The van der Waals surface area contributed by atoms with Gasteiger partial charge in [-0.05, 0) is 137 Å². The van der Waals surface area contributed by atoms with Gasteiger partial charge in [-0.15, -0.1) is 36.2 Å². The van der Waals surface area contributed by atoms with Gasteiger partial charge in [0, 0.05) is 157 Å². The van der Waals surface area contributed by atoms with Crippen LogP contribution in [0.3, 0.4) is 0 Å². The minimum atomic E-state index is -0.175.